The molecule has 0 radical (unpaired) electrons. The van der Waals surface area contributed by atoms with Gasteiger partial charge in [0.15, 0.2) is 5.75 Å². The Labute approximate surface area is 181 Å². The van der Waals surface area contributed by atoms with Crippen LogP contribution in [0, 0.1) is 6.92 Å². The molecule has 0 aliphatic rings. The van der Waals surface area contributed by atoms with E-state index in [4.69, 9.17) is 23.2 Å². The number of nitrogens with zero attached hydrogens (tertiary/aromatic N) is 2. The first-order valence-corrected chi connectivity index (χ1v) is 9.52. The first kappa shape index (κ1) is 21.4. The van der Waals surface area contributed by atoms with Crippen molar-refractivity contribution in [1.29, 1.82) is 0 Å². The summed E-state index contributed by atoms with van der Waals surface area (Å²) in [5.41, 5.74) is 3.75. The first-order valence-electron chi connectivity index (χ1n) is 8.76. The van der Waals surface area contributed by atoms with Crippen molar-refractivity contribution in [2.75, 3.05) is 0 Å². The van der Waals surface area contributed by atoms with Crippen LogP contribution in [0.5, 0.6) is 11.5 Å². The minimum absolute atomic E-state index is 0.0769. The average Bonchev–Trinajstić information content (AvgIpc) is 2.71. The van der Waals surface area contributed by atoms with Crippen molar-refractivity contribution in [1.82, 2.24) is 9.99 Å². The number of hydrogen-bond acceptors (Lipinski definition) is 5. The highest BCUT2D eigenvalue weighted by Crippen LogP contribution is 2.40. The molecule has 3 aromatic rings. The normalized spacial score (nSPS) is 11.0. The van der Waals surface area contributed by atoms with E-state index in [1.807, 2.05) is 31.2 Å². The minimum atomic E-state index is -0.717. The molecule has 1 amide bonds. The third-order valence-corrected chi connectivity index (χ3v) is 4.91. The zero-order valence-corrected chi connectivity index (χ0v) is 17.3. The number of aromatic nitrogens is 1. The molecule has 30 heavy (non-hydrogen) atoms. The number of aromatic hydroxyl groups is 2. The molecule has 1 heterocycles. The van der Waals surface area contributed by atoms with E-state index in [2.05, 4.69) is 10.5 Å². The maximum atomic E-state index is 12.7. The fourth-order valence-electron chi connectivity index (χ4n) is 2.78. The molecule has 154 valence electrons. The van der Waals surface area contributed by atoms with E-state index in [1.54, 1.807) is 12.3 Å². The van der Waals surface area contributed by atoms with Gasteiger partial charge in [0.05, 0.1) is 17.8 Å². The molecule has 0 fully saturated rings. The third kappa shape index (κ3) is 4.64. The molecule has 3 N–H and O–H groups in total. The number of pyridine rings is 1. The summed E-state index contributed by atoms with van der Waals surface area (Å²) in [6.45, 7) is 2.28. The average molecular weight is 446 g/mol. The number of phenolic OH excluding ortho intramolecular Hbond substituents is 2. The smallest absolute Gasteiger partial charge is 0.276 e. The van der Waals surface area contributed by atoms with Crippen LogP contribution in [0.2, 0.25) is 10.0 Å². The second-order valence-electron chi connectivity index (χ2n) is 6.50. The molecular formula is C21H17Cl2N3O4. The van der Waals surface area contributed by atoms with Gasteiger partial charge < -0.3 is 14.8 Å². The van der Waals surface area contributed by atoms with Gasteiger partial charge in [-0.1, -0.05) is 53.0 Å². The molecule has 3 rings (SSSR count). The summed E-state index contributed by atoms with van der Waals surface area (Å²) in [5, 5.41) is 22.8. The quantitative estimate of drug-likeness (QED) is 0.411. The van der Waals surface area contributed by atoms with Crippen LogP contribution in [0.25, 0.3) is 0 Å². The lowest BCUT2D eigenvalue weighted by atomic mass is 10.1. The van der Waals surface area contributed by atoms with Crippen molar-refractivity contribution in [3.8, 4) is 11.5 Å². The molecule has 0 aliphatic heterocycles. The number of carbonyl (C=O) groups excluding carboxylic acids is 1. The number of hydrazone groups is 1. The van der Waals surface area contributed by atoms with Crippen LogP contribution < -0.4 is 11.0 Å². The summed E-state index contributed by atoms with van der Waals surface area (Å²) in [6.07, 6.45) is 2.70. The zero-order chi connectivity index (χ0) is 21.8. The summed E-state index contributed by atoms with van der Waals surface area (Å²) in [5.74, 6) is -1.63. The lowest BCUT2D eigenvalue weighted by Gasteiger charge is -2.08. The number of hydrogen-bond donors (Lipinski definition) is 3. The predicted molar refractivity (Wildman–Crippen MR) is 116 cm³/mol. The van der Waals surface area contributed by atoms with Crippen molar-refractivity contribution in [2.24, 2.45) is 5.10 Å². The summed E-state index contributed by atoms with van der Waals surface area (Å²) < 4.78 is 1.43. The Morgan fingerprint density at radius 2 is 1.93 bits per heavy atom. The van der Waals surface area contributed by atoms with Gasteiger partial charge in [-0.25, -0.2) is 5.43 Å². The molecule has 0 aliphatic carbocycles. The van der Waals surface area contributed by atoms with Gasteiger partial charge in [0.25, 0.3) is 11.5 Å². The van der Waals surface area contributed by atoms with E-state index in [9.17, 15) is 19.8 Å². The Bertz CT molecular complexity index is 1210. The standard InChI is InChI=1S/C21H17Cl2N3O4/c1-12-4-2-5-13(8-12)11-26-7-3-6-15(21(26)30)20(29)25-24-10-14-9-16(22)19(28)17(23)18(14)27/h2-10,27-28H,11H2,1H3,(H,25,29)/b24-10-. The largest absolute Gasteiger partial charge is 0.506 e. The molecule has 0 saturated heterocycles. The van der Waals surface area contributed by atoms with Gasteiger partial charge in [0.1, 0.15) is 16.3 Å². The molecule has 0 unspecified atom stereocenters. The topological polar surface area (TPSA) is 104 Å². The van der Waals surface area contributed by atoms with E-state index in [-0.39, 0.29) is 21.2 Å². The fourth-order valence-corrected chi connectivity index (χ4v) is 3.25. The maximum absolute atomic E-state index is 12.7. The SMILES string of the molecule is Cc1cccc(Cn2cccc(C(=O)N/N=C\c3cc(Cl)c(O)c(Cl)c3O)c2=O)c1. The van der Waals surface area contributed by atoms with Crippen molar-refractivity contribution in [2.45, 2.75) is 13.5 Å². The molecule has 0 bridgehead atoms. The van der Waals surface area contributed by atoms with Crippen LogP contribution in [-0.4, -0.2) is 26.9 Å². The summed E-state index contributed by atoms with van der Waals surface area (Å²) in [6, 6.07) is 11.9. The highest BCUT2D eigenvalue weighted by atomic mass is 35.5. The van der Waals surface area contributed by atoms with E-state index in [0.29, 0.717) is 6.54 Å². The van der Waals surface area contributed by atoms with Crippen LogP contribution in [0.1, 0.15) is 27.0 Å². The highest BCUT2D eigenvalue weighted by Gasteiger charge is 2.14. The van der Waals surface area contributed by atoms with Crippen LogP contribution in [0.4, 0.5) is 0 Å². The van der Waals surface area contributed by atoms with Crippen LogP contribution >= 0.6 is 23.2 Å². The fraction of sp³-hybridized carbons (Fsp3) is 0.0952. The van der Waals surface area contributed by atoms with Gasteiger partial charge in [-0.05, 0) is 30.7 Å². The van der Waals surface area contributed by atoms with E-state index >= 15 is 0 Å². The van der Waals surface area contributed by atoms with Gasteiger partial charge in [-0.15, -0.1) is 0 Å². The van der Waals surface area contributed by atoms with Crippen molar-refractivity contribution in [3.63, 3.8) is 0 Å². The van der Waals surface area contributed by atoms with E-state index in [0.717, 1.165) is 17.3 Å². The van der Waals surface area contributed by atoms with E-state index < -0.39 is 23.0 Å². The number of halogens is 2. The second kappa shape index (κ2) is 9.02. The maximum Gasteiger partial charge on any atom is 0.276 e. The molecule has 2 aromatic carbocycles. The van der Waals surface area contributed by atoms with Crippen LogP contribution in [0.3, 0.4) is 0 Å². The van der Waals surface area contributed by atoms with Crippen molar-refractivity contribution < 1.29 is 15.0 Å². The molecular weight excluding hydrogens is 429 g/mol. The Morgan fingerprint density at radius 3 is 2.67 bits per heavy atom. The number of nitrogens with one attached hydrogen (secondary N) is 1. The lowest BCUT2D eigenvalue weighted by molar-refractivity contribution is 0.0953. The first-order chi connectivity index (χ1) is 14.3. The molecule has 0 saturated carbocycles. The summed E-state index contributed by atoms with van der Waals surface area (Å²) >= 11 is 11.6. The Kier molecular flexibility index (Phi) is 6.44. The summed E-state index contributed by atoms with van der Waals surface area (Å²) in [4.78, 5) is 25.1. The molecule has 1 aromatic heterocycles. The lowest BCUT2D eigenvalue weighted by Crippen LogP contribution is -2.30. The van der Waals surface area contributed by atoms with Crippen LogP contribution in [-0.2, 0) is 6.54 Å². The third-order valence-electron chi connectivity index (χ3n) is 4.27. The van der Waals surface area contributed by atoms with Gasteiger partial charge in [0, 0.05) is 11.8 Å². The molecule has 7 nitrogen and oxygen atoms in total. The Balaban J connectivity index is 1.78. The number of amides is 1. The molecule has 9 heteroatoms. The van der Waals surface area contributed by atoms with Gasteiger partial charge in [0.2, 0.25) is 0 Å². The zero-order valence-electron chi connectivity index (χ0n) is 15.8. The minimum Gasteiger partial charge on any atom is -0.506 e. The number of aryl methyl sites for hydroxylation is 1. The number of carbonyl (C=O) groups is 1. The van der Waals surface area contributed by atoms with Crippen molar-refractivity contribution >= 4 is 35.3 Å². The predicted octanol–water partition coefficient (Wildman–Crippen LogP) is 3.69. The van der Waals surface area contributed by atoms with Crippen molar-refractivity contribution in [3.05, 3.63) is 91.3 Å². The van der Waals surface area contributed by atoms with Gasteiger partial charge in [-0.3, -0.25) is 9.59 Å². The molecule has 0 atom stereocenters. The molecule has 0 spiro atoms. The highest BCUT2D eigenvalue weighted by molar-refractivity contribution is 6.38. The number of benzene rings is 2. The number of rotatable bonds is 5. The summed E-state index contributed by atoms with van der Waals surface area (Å²) in [7, 11) is 0. The van der Waals surface area contributed by atoms with Gasteiger partial charge in [-0.2, -0.15) is 5.10 Å². The van der Waals surface area contributed by atoms with Crippen LogP contribution in [0.15, 0.2) is 58.6 Å². The number of phenols is 2. The Morgan fingerprint density at radius 1 is 1.17 bits per heavy atom. The monoisotopic (exact) mass is 445 g/mol. The van der Waals surface area contributed by atoms with Gasteiger partial charge >= 0.3 is 0 Å². The Hall–Kier alpha value is -3.29. The van der Waals surface area contributed by atoms with E-state index in [1.165, 1.54) is 16.7 Å². The second-order valence-corrected chi connectivity index (χ2v) is 7.29.